The number of rotatable bonds is 12. The summed E-state index contributed by atoms with van der Waals surface area (Å²) in [5, 5.41) is 4.23. The number of esters is 1. The van der Waals surface area contributed by atoms with Crippen LogP contribution in [0.2, 0.25) is 0 Å². The number of benzene rings is 1. The first-order valence-corrected chi connectivity index (χ1v) is 10.5. The van der Waals surface area contributed by atoms with Gasteiger partial charge in [-0.15, -0.1) is 11.6 Å². The highest BCUT2D eigenvalue weighted by atomic mass is 35.5. The second-order valence-corrected chi connectivity index (χ2v) is 7.09. The van der Waals surface area contributed by atoms with Crippen LogP contribution in [0.25, 0.3) is 0 Å². The van der Waals surface area contributed by atoms with E-state index < -0.39 is 18.1 Å². The molecule has 0 aliphatic heterocycles. The summed E-state index contributed by atoms with van der Waals surface area (Å²) in [6, 6.07) is 8.30. The van der Waals surface area contributed by atoms with E-state index in [2.05, 4.69) is 5.32 Å². The number of carbonyl (C=O) groups excluding carboxylic acids is 2. The van der Waals surface area contributed by atoms with Crippen molar-refractivity contribution in [3.63, 3.8) is 0 Å². The maximum atomic E-state index is 12.9. The van der Waals surface area contributed by atoms with Crippen molar-refractivity contribution in [3.8, 4) is 0 Å². The molecule has 0 bridgehead atoms. The third kappa shape index (κ3) is 7.95. The predicted octanol–water partition coefficient (Wildman–Crippen LogP) is 1.81. The van der Waals surface area contributed by atoms with Crippen molar-refractivity contribution in [2.24, 2.45) is 5.84 Å². The quantitative estimate of drug-likeness (QED) is 0.240. The van der Waals surface area contributed by atoms with E-state index in [1.807, 2.05) is 36.6 Å². The van der Waals surface area contributed by atoms with Crippen LogP contribution in [0.4, 0.5) is 0 Å². The molecular weight excluding hydrogens is 374 g/mol. The summed E-state index contributed by atoms with van der Waals surface area (Å²) < 4.78 is 5.08. The molecular formula is C18H28ClN3O3S. The lowest BCUT2D eigenvalue weighted by atomic mass is 10.0. The Bertz CT molecular complexity index is 548. The first kappa shape index (κ1) is 22.8. The van der Waals surface area contributed by atoms with Crippen LogP contribution in [0.15, 0.2) is 30.3 Å². The number of halogens is 1. The summed E-state index contributed by atoms with van der Waals surface area (Å²) in [7, 11) is 0. The summed E-state index contributed by atoms with van der Waals surface area (Å²) in [5.41, 5.74) is 0.981. The normalized spacial score (nSPS) is 13.3. The highest BCUT2D eigenvalue weighted by Gasteiger charge is 2.29. The highest BCUT2D eigenvalue weighted by Crippen LogP contribution is 2.10. The number of hydrogen-bond acceptors (Lipinski definition) is 6. The first-order chi connectivity index (χ1) is 12.5. The number of nitrogens with one attached hydrogen (secondary N) is 1. The Hall–Kier alpha value is -1.28. The smallest absolute Gasteiger partial charge is 0.328 e. The van der Waals surface area contributed by atoms with Gasteiger partial charge in [0.15, 0.2) is 0 Å². The molecule has 8 heteroatoms. The van der Waals surface area contributed by atoms with Crippen molar-refractivity contribution in [3.05, 3.63) is 35.9 Å². The number of alkyl halides is 1. The van der Waals surface area contributed by atoms with Gasteiger partial charge >= 0.3 is 5.97 Å². The van der Waals surface area contributed by atoms with E-state index in [0.29, 0.717) is 25.3 Å². The van der Waals surface area contributed by atoms with Gasteiger partial charge in [0.05, 0.1) is 6.61 Å². The van der Waals surface area contributed by atoms with Crippen LogP contribution in [0.3, 0.4) is 0 Å². The van der Waals surface area contributed by atoms with Crippen molar-refractivity contribution in [1.29, 1.82) is 0 Å². The minimum atomic E-state index is -0.683. The van der Waals surface area contributed by atoms with E-state index in [1.165, 1.54) is 5.01 Å². The molecule has 0 spiro atoms. The van der Waals surface area contributed by atoms with Crippen LogP contribution in [-0.4, -0.2) is 60.0 Å². The Kier molecular flexibility index (Phi) is 11.4. The Morgan fingerprint density at radius 1 is 1.35 bits per heavy atom. The van der Waals surface area contributed by atoms with E-state index in [1.54, 1.807) is 18.7 Å². The topological polar surface area (TPSA) is 84.7 Å². The lowest BCUT2D eigenvalue weighted by Crippen LogP contribution is -2.55. The summed E-state index contributed by atoms with van der Waals surface area (Å²) >= 11 is 7.39. The van der Waals surface area contributed by atoms with Crippen molar-refractivity contribution < 1.29 is 14.3 Å². The standard InChI is InChI=1S/C18H28ClN3O3S/c1-3-25-18(24)15(9-12-26-2)21-17(23)16(22(20)11-10-19)13-14-7-5-4-6-8-14/h4-8,15-16H,3,9-13,20H2,1-2H3,(H,21,23)/t15-,16-/m0/s1. The Labute approximate surface area is 164 Å². The second kappa shape index (κ2) is 13.0. The van der Waals surface area contributed by atoms with Gasteiger partial charge in [-0.05, 0) is 37.3 Å². The van der Waals surface area contributed by atoms with Crippen LogP contribution >= 0.6 is 23.4 Å². The molecule has 1 amide bonds. The SMILES string of the molecule is CCOC(=O)[C@H](CCSC)NC(=O)[C@H](Cc1ccccc1)N(N)CCCl. The van der Waals surface area contributed by atoms with Crippen molar-refractivity contribution in [1.82, 2.24) is 10.3 Å². The highest BCUT2D eigenvalue weighted by molar-refractivity contribution is 7.98. The lowest BCUT2D eigenvalue weighted by molar-refractivity contribution is -0.148. The van der Waals surface area contributed by atoms with Crippen LogP contribution in [0.1, 0.15) is 18.9 Å². The summed E-state index contributed by atoms with van der Waals surface area (Å²) in [6.07, 6.45) is 2.88. The van der Waals surface area contributed by atoms with Gasteiger partial charge in [0, 0.05) is 12.4 Å². The molecule has 0 aliphatic carbocycles. The zero-order valence-electron chi connectivity index (χ0n) is 15.3. The number of carbonyl (C=O) groups is 2. The maximum Gasteiger partial charge on any atom is 0.328 e. The van der Waals surface area contributed by atoms with Gasteiger partial charge in [0.1, 0.15) is 12.1 Å². The number of nitrogens with two attached hydrogens (primary N) is 1. The van der Waals surface area contributed by atoms with E-state index >= 15 is 0 Å². The van der Waals surface area contributed by atoms with Gasteiger partial charge in [0.25, 0.3) is 0 Å². The van der Waals surface area contributed by atoms with E-state index in [9.17, 15) is 9.59 Å². The zero-order chi connectivity index (χ0) is 19.4. The van der Waals surface area contributed by atoms with E-state index in [0.717, 1.165) is 11.3 Å². The Morgan fingerprint density at radius 3 is 2.62 bits per heavy atom. The molecule has 6 nitrogen and oxygen atoms in total. The van der Waals surface area contributed by atoms with Crippen molar-refractivity contribution >= 4 is 35.2 Å². The fourth-order valence-corrected chi connectivity index (χ4v) is 3.11. The number of amides is 1. The lowest BCUT2D eigenvalue weighted by Gasteiger charge is -2.28. The van der Waals surface area contributed by atoms with Crippen molar-refractivity contribution in [2.45, 2.75) is 31.8 Å². The minimum Gasteiger partial charge on any atom is -0.464 e. The van der Waals surface area contributed by atoms with Crippen molar-refractivity contribution in [2.75, 3.05) is 31.0 Å². The number of thioether (sulfide) groups is 1. The minimum absolute atomic E-state index is 0.271. The fraction of sp³-hybridized carbons (Fsp3) is 0.556. The molecule has 2 atom stereocenters. The van der Waals surface area contributed by atoms with Gasteiger partial charge in [-0.3, -0.25) is 10.6 Å². The second-order valence-electron chi connectivity index (χ2n) is 5.73. The average Bonchev–Trinajstić information content (AvgIpc) is 2.64. The fourth-order valence-electron chi connectivity index (χ4n) is 2.45. The van der Waals surface area contributed by atoms with Crippen LogP contribution < -0.4 is 11.2 Å². The predicted molar refractivity (Wildman–Crippen MR) is 107 cm³/mol. The molecule has 146 valence electrons. The number of hydrazine groups is 1. The van der Waals surface area contributed by atoms with Crippen LogP contribution in [0.5, 0.6) is 0 Å². The molecule has 0 aliphatic rings. The molecule has 0 unspecified atom stereocenters. The average molecular weight is 402 g/mol. The Balaban J connectivity index is 2.88. The molecule has 0 radical (unpaired) electrons. The molecule has 0 aromatic heterocycles. The molecule has 1 aromatic rings. The third-order valence-electron chi connectivity index (χ3n) is 3.82. The molecule has 0 heterocycles. The molecule has 0 saturated carbocycles. The largest absolute Gasteiger partial charge is 0.464 e. The monoisotopic (exact) mass is 401 g/mol. The molecule has 1 aromatic carbocycles. The van der Waals surface area contributed by atoms with Gasteiger partial charge in [-0.1, -0.05) is 30.3 Å². The van der Waals surface area contributed by atoms with Gasteiger partial charge in [-0.25, -0.2) is 9.80 Å². The van der Waals surface area contributed by atoms with E-state index in [-0.39, 0.29) is 12.5 Å². The zero-order valence-corrected chi connectivity index (χ0v) is 16.9. The summed E-state index contributed by atoms with van der Waals surface area (Å²) in [4.78, 5) is 25.0. The molecule has 0 saturated heterocycles. The summed E-state index contributed by atoms with van der Waals surface area (Å²) in [6.45, 7) is 2.38. The van der Waals surface area contributed by atoms with Gasteiger partial charge in [-0.2, -0.15) is 11.8 Å². The van der Waals surface area contributed by atoms with Crippen LogP contribution in [-0.2, 0) is 20.7 Å². The summed E-state index contributed by atoms with van der Waals surface area (Å²) in [5.74, 6) is 6.37. The Morgan fingerprint density at radius 2 is 2.04 bits per heavy atom. The first-order valence-electron chi connectivity index (χ1n) is 8.60. The van der Waals surface area contributed by atoms with Gasteiger partial charge in [0.2, 0.25) is 5.91 Å². The molecule has 26 heavy (non-hydrogen) atoms. The number of hydrogen-bond donors (Lipinski definition) is 2. The molecule has 3 N–H and O–H groups in total. The van der Waals surface area contributed by atoms with E-state index in [4.69, 9.17) is 22.2 Å². The maximum absolute atomic E-state index is 12.9. The van der Waals surface area contributed by atoms with Crippen LogP contribution in [0, 0.1) is 0 Å². The number of ether oxygens (including phenoxy) is 1. The third-order valence-corrected chi connectivity index (χ3v) is 4.63. The molecule has 1 rings (SSSR count). The number of nitrogens with zero attached hydrogens (tertiary/aromatic N) is 1. The molecule has 0 fully saturated rings. The van der Waals surface area contributed by atoms with Gasteiger partial charge < -0.3 is 10.1 Å².